The summed E-state index contributed by atoms with van der Waals surface area (Å²) in [4.78, 5) is 5.99. The minimum Gasteiger partial charge on any atom is -0.361 e. The van der Waals surface area contributed by atoms with Crippen molar-refractivity contribution in [3.63, 3.8) is 0 Å². The van der Waals surface area contributed by atoms with Crippen LogP contribution in [0.15, 0.2) is 41.6 Å². The zero-order valence-corrected chi connectivity index (χ0v) is 15.0. The van der Waals surface area contributed by atoms with E-state index in [4.69, 9.17) is 0 Å². The van der Waals surface area contributed by atoms with E-state index in [0.29, 0.717) is 4.90 Å². The standard InChI is InChI=1S/C18H22N4O2S/c1-25(23,24)17-10-20-21-18(17)15-3-2-8-22(12-15)11-13-4-5-14-6-7-19-16(14)9-13/h4-7,9-10,15,19H,2-3,8,11-12H2,1H3,(H,20,21). The summed E-state index contributed by atoms with van der Waals surface area (Å²) in [5.74, 6) is 0.176. The SMILES string of the molecule is CS(=O)(=O)c1cn[nH]c1C1CCCN(Cc2ccc3cc[nH]c3c2)C1. The van der Waals surface area contributed by atoms with Crippen molar-refractivity contribution in [3.8, 4) is 0 Å². The zero-order valence-electron chi connectivity index (χ0n) is 14.2. The molecule has 0 amide bonds. The summed E-state index contributed by atoms with van der Waals surface area (Å²) >= 11 is 0. The van der Waals surface area contributed by atoms with Crippen molar-refractivity contribution in [2.75, 3.05) is 19.3 Å². The average molecular weight is 358 g/mol. The van der Waals surface area contributed by atoms with E-state index >= 15 is 0 Å². The molecule has 1 aromatic carbocycles. The van der Waals surface area contributed by atoms with Crippen LogP contribution in [0.2, 0.25) is 0 Å². The number of fused-ring (bicyclic) bond motifs is 1. The number of sulfone groups is 1. The van der Waals surface area contributed by atoms with Gasteiger partial charge in [0.2, 0.25) is 0 Å². The van der Waals surface area contributed by atoms with Gasteiger partial charge in [-0.25, -0.2) is 8.42 Å². The van der Waals surface area contributed by atoms with Gasteiger partial charge in [-0.15, -0.1) is 0 Å². The minimum absolute atomic E-state index is 0.176. The van der Waals surface area contributed by atoms with E-state index in [1.165, 1.54) is 23.4 Å². The molecular formula is C18H22N4O2S. The smallest absolute Gasteiger partial charge is 0.178 e. The van der Waals surface area contributed by atoms with E-state index in [2.05, 4.69) is 44.3 Å². The summed E-state index contributed by atoms with van der Waals surface area (Å²) in [5, 5.41) is 8.12. The first-order valence-electron chi connectivity index (χ1n) is 8.52. The Labute approximate surface area is 147 Å². The van der Waals surface area contributed by atoms with Gasteiger partial charge in [-0.3, -0.25) is 10.00 Å². The van der Waals surface area contributed by atoms with E-state index in [-0.39, 0.29) is 5.92 Å². The first-order chi connectivity index (χ1) is 12.0. The largest absolute Gasteiger partial charge is 0.361 e. The number of aromatic amines is 2. The maximum absolute atomic E-state index is 12.0. The Bertz CT molecular complexity index is 989. The highest BCUT2D eigenvalue weighted by atomic mass is 32.2. The highest BCUT2D eigenvalue weighted by molar-refractivity contribution is 7.90. The fourth-order valence-electron chi connectivity index (χ4n) is 3.76. The molecule has 0 aliphatic carbocycles. The van der Waals surface area contributed by atoms with Gasteiger partial charge >= 0.3 is 0 Å². The van der Waals surface area contributed by atoms with Crippen molar-refractivity contribution in [1.29, 1.82) is 0 Å². The second-order valence-electron chi connectivity index (χ2n) is 6.89. The van der Waals surface area contributed by atoms with Crippen molar-refractivity contribution in [1.82, 2.24) is 20.1 Å². The Morgan fingerprint density at radius 2 is 2.20 bits per heavy atom. The fraction of sp³-hybridized carbons (Fsp3) is 0.389. The number of rotatable bonds is 4. The number of piperidine rings is 1. The molecule has 0 radical (unpaired) electrons. The predicted molar refractivity (Wildman–Crippen MR) is 97.2 cm³/mol. The summed E-state index contributed by atoms with van der Waals surface area (Å²) in [6.07, 6.45) is 6.67. The summed E-state index contributed by atoms with van der Waals surface area (Å²) < 4.78 is 23.9. The molecule has 0 bridgehead atoms. The number of hydrogen-bond acceptors (Lipinski definition) is 4. The molecular weight excluding hydrogens is 336 g/mol. The van der Waals surface area contributed by atoms with Crippen LogP contribution in [0.4, 0.5) is 0 Å². The maximum atomic E-state index is 12.0. The summed E-state index contributed by atoms with van der Waals surface area (Å²) in [6, 6.07) is 8.56. The predicted octanol–water partition coefficient (Wildman–Crippen LogP) is 2.67. The average Bonchev–Trinajstić information content (AvgIpc) is 3.23. The lowest BCUT2D eigenvalue weighted by atomic mass is 9.94. The van der Waals surface area contributed by atoms with Crippen LogP contribution < -0.4 is 0 Å². The van der Waals surface area contributed by atoms with Gasteiger partial charge in [0, 0.05) is 37.0 Å². The number of nitrogens with one attached hydrogen (secondary N) is 2. The van der Waals surface area contributed by atoms with Crippen LogP contribution in [-0.4, -0.2) is 47.8 Å². The van der Waals surface area contributed by atoms with E-state index in [1.54, 1.807) is 0 Å². The number of aromatic nitrogens is 3. The lowest BCUT2D eigenvalue weighted by molar-refractivity contribution is 0.197. The van der Waals surface area contributed by atoms with Crippen LogP contribution in [0.3, 0.4) is 0 Å². The molecule has 1 aliphatic heterocycles. The zero-order chi connectivity index (χ0) is 17.4. The topological polar surface area (TPSA) is 81.8 Å². The van der Waals surface area contributed by atoms with Crippen molar-refractivity contribution < 1.29 is 8.42 Å². The first kappa shape index (κ1) is 16.4. The van der Waals surface area contributed by atoms with Gasteiger partial charge in [0.05, 0.1) is 11.9 Å². The van der Waals surface area contributed by atoms with Crippen LogP contribution in [0.1, 0.15) is 30.0 Å². The van der Waals surface area contributed by atoms with Crippen molar-refractivity contribution in [3.05, 3.63) is 47.9 Å². The molecule has 0 spiro atoms. The van der Waals surface area contributed by atoms with E-state index in [0.717, 1.165) is 43.7 Å². The maximum Gasteiger partial charge on any atom is 0.178 e. The van der Waals surface area contributed by atoms with Gasteiger partial charge in [-0.2, -0.15) is 5.10 Å². The normalized spacial score (nSPS) is 19.5. The lowest BCUT2D eigenvalue weighted by Gasteiger charge is -2.32. The third kappa shape index (κ3) is 3.34. The number of nitrogens with zero attached hydrogens (tertiary/aromatic N) is 2. The molecule has 7 heteroatoms. The molecule has 1 aliphatic rings. The number of benzene rings is 1. The van der Waals surface area contributed by atoms with Gasteiger partial charge in [0.15, 0.2) is 9.84 Å². The molecule has 25 heavy (non-hydrogen) atoms. The van der Waals surface area contributed by atoms with Gasteiger partial charge < -0.3 is 4.98 Å². The summed E-state index contributed by atoms with van der Waals surface area (Å²) in [5.41, 5.74) is 3.18. The van der Waals surface area contributed by atoms with Gasteiger partial charge in [0.1, 0.15) is 4.90 Å². The highest BCUT2D eigenvalue weighted by Crippen LogP contribution is 2.30. The van der Waals surface area contributed by atoms with Gasteiger partial charge in [-0.05, 0) is 42.5 Å². The third-order valence-electron chi connectivity index (χ3n) is 4.97. The Hall–Kier alpha value is -2.12. The van der Waals surface area contributed by atoms with Crippen LogP contribution in [0.5, 0.6) is 0 Å². The lowest BCUT2D eigenvalue weighted by Crippen LogP contribution is -2.34. The molecule has 0 saturated carbocycles. The summed E-state index contributed by atoms with van der Waals surface area (Å²) in [7, 11) is -3.25. The van der Waals surface area contributed by atoms with Crippen LogP contribution in [0, 0.1) is 0 Å². The molecule has 3 aromatic rings. The molecule has 3 heterocycles. The summed E-state index contributed by atoms with van der Waals surface area (Å²) in [6.45, 7) is 2.74. The van der Waals surface area contributed by atoms with Crippen molar-refractivity contribution >= 4 is 20.7 Å². The van der Waals surface area contributed by atoms with Crippen LogP contribution in [-0.2, 0) is 16.4 Å². The second kappa shape index (κ2) is 6.31. The minimum atomic E-state index is -3.25. The van der Waals surface area contributed by atoms with E-state index < -0.39 is 9.84 Å². The Balaban J connectivity index is 1.52. The Morgan fingerprint density at radius 1 is 1.32 bits per heavy atom. The monoisotopic (exact) mass is 358 g/mol. The number of H-pyrrole nitrogens is 2. The second-order valence-corrected chi connectivity index (χ2v) is 8.88. The van der Waals surface area contributed by atoms with Gasteiger partial charge in [-0.1, -0.05) is 12.1 Å². The van der Waals surface area contributed by atoms with Crippen molar-refractivity contribution in [2.24, 2.45) is 0 Å². The van der Waals surface area contributed by atoms with E-state index in [9.17, 15) is 8.42 Å². The highest BCUT2D eigenvalue weighted by Gasteiger charge is 2.27. The molecule has 6 nitrogen and oxygen atoms in total. The fourth-order valence-corrected chi connectivity index (χ4v) is 4.62. The van der Waals surface area contributed by atoms with Crippen LogP contribution in [0.25, 0.3) is 10.9 Å². The molecule has 4 rings (SSSR count). The number of hydrogen-bond donors (Lipinski definition) is 2. The molecule has 1 fully saturated rings. The Kier molecular flexibility index (Phi) is 4.13. The molecule has 1 atom stereocenters. The first-order valence-corrected chi connectivity index (χ1v) is 10.4. The third-order valence-corrected chi connectivity index (χ3v) is 6.10. The number of likely N-dealkylation sites (tertiary alicyclic amines) is 1. The molecule has 1 saturated heterocycles. The van der Waals surface area contributed by atoms with Crippen molar-refractivity contribution in [2.45, 2.75) is 30.2 Å². The van der Waals surface area contributed by atoms with Crippen LogP contribution >= 0.6 is 0 Å². The quantitative estimate of drug-likeness (QED) is 0.751. The Morgan fingerprint density at radius 3 is 3.04 bits per heavy atom. The molecule has 1 unspecified atom stereocenters. The molecule has 2 N–H and O–H groups in total. The van der Waals surface area contributed by atoms with Gasteiger partial charge in [0.25, 0.3) is 0 Å². The molecule has 132 valence electrons. The van der Waals surface area contributed by atoms with E-state index in [1.807, 2.05) is 6.20 Å². The molecule has 2 aromatic heterocycles.